The number of aromatic nitrogens is 1. The first-order chi connectivity index (χ1) is 10.6. The lowest BCUT2D eigenvalue weighted by molar-refractivity contribution is -0.137. The topological polar surface area (TPSA) is 84.7 Å². The maximum absolute atomic E-state index is 12.3. The van der Waals surface area contributed by atoms with Crippen molar-refractivity contribution in [3.8, 4) is 0 Å². The number of carbonyl (C=O) groups is 2. The molecule has 7 nitrogen and oxygen atoms in total. The monoisotopic (exact) mass is 307 g/mol. The number of nitrogens with zero attached hydrogens (tertiary/aromatic N) is 2. The second-order valence-electron chi connectivity index (χ2n) is 6.00. The predicted octanol–water partition coefficient (Wildman–Crippen LogP) is 1.34. The summed E-state index contributed by atoms with van der Waals surface area (Å²) >= 11 is 0. The average Bonchev–Trinajstić information content (AvgIpc) is 3.06. The molecular formula is C15H21N3O4. The van der Waals surface area contributed by atoms with Crippen molar-refractivity contribution in [3.63, 3.8) is 0 Å². The molecule has 0 bridgehead atoms. The molecule has 0 aromatic carbocycles. The molecule has 3 rings (SSSR count). The van der Waals surface area contributed by atoms with Crippen LogP contribution in [0.5, 0.6) is 0 Å². The third kappa shape index (κ3) is 3.85. The number of anilines is 1. The van der Waals surface area contributed by atoms with Crippen LogP contribution >= 0.6 is 0 Å². The van der Waals surface area contributed by atoms with Gasteiger partial charge in [-0.3, -0.25) is 9.59 Å². The molecule has 0 spiro atoms. The number of aryl methyl sites for hydroxylation is 1. The molecule has 0 radical (unpaired) electrons. The van der Waals surface area contributed by atoms with Crippen molar-refractivity contribution in [1.29, 1.82) is 0 Å². The van der Waals surface area contributed by atoms with Crippen molar-refractivity contribution in [2.24, 2.45) is 5.92 Å². The molecule has 2 aliphatic rings. The van der Waals surface area contributed by atoms with E-state index in [-0.39, 0.29) is 30.4 Å². The fourth-order valence-corrected chi connectivity index (χ4v) is 2.64. The van der Waals surface area contributed by atoms with E-state index in [0.717, 1.165) is 32.3 Å². The average molecular weight is 307 g/mol. The van der Waals surface area contributed by atoms with Gasteiger partial charge in [-0.05, 0) is 32.6 Å². The van der Waals surface area contributed by atoms with Crippen LogP contribution in [0.2, 0.25) is 0 Å². The summed E-state index contributed by atoms with van der Waals surface area (Å²) in [5, 5.41) is 6.38. The number of carbonyl (C=O) groups excluding carboxylic acids is 2. The highest BCUT2D eigenvalue weighted by Crippen LogP contribution is 2.31. The van der Waals surface area contributed by atoms with Gasteiger partial charge in [0.15, 0.2) is 5.82 Å². The highest BCUT2D eigenvalue weighted by molar-refractivity contribution is 5.94. The van der Waals surface area contributed by atoms with Crippen LogP contribution in [0.1, 0.15) is 31.4 Å². The van der Waals surface area contributed by atoms with E-state index in [1.54, 1.807) is 17.9 Å². The van der Waals surface area contributed by atoms with E-state index < -0.39 is 0 Å². The first-order valence-corrected chi connectivity index (χ1v) is 7.75. The van der Waals surface area contributed by atoms with Crippen LogP contribution in [0.15, 0.2) is 10.6 Å². The van der Waals surface area contributed by atoms with Gasteiger partial charge in [-0.1, -0.05) is 5.16 Å². The number of rotatable bonds is 6. The predicted molar refractivity (Wildman–Crippen MR) is 78.1 cm³/mol. The smallest absolute Gasteiger partial charge is 0.245 e. The summed E-state index contributed by atoms with van der Waals surface area (Å²) in [5.74, 6) is 0.879. The Morgan fingerprint density at radius 2 is 2.23 bits per heavy atom. The lowest BCUT2D eigenvalue weighted by Gasteiger charge is -2.24. The Morgan fingerprint density at radius 3 is 2.82 bits per heavy atom. The summed E-state index contributed by atoms with van der Waals surface area (Å²) in [6.45, 7) is 3.01. The third-order valence-electron chi connectivity index (χ3n) is 3.92. The molecule has 1 atom stereocenters. The van der Waals surface area contributed by atoms with E-state index >= 15 is 0 Å². The minimum Gasteiger partial charge on any atom is -0.376 e. The van der Waals surface area contributed by atoms with Crippen LogP contribution in [-0.4, -0.2) is 47.7 Å². The molecule has 1 unspecified atom stereocenters. The van der Waals surface area contributed by atoms with Crippen molar-refractivity contribution in [1.82, 2.24) is 10.1 Å². The molecule has 2 heterocycles. The van der Waals surface area contributed by atoms with Crippen molar-refractivity contribution in [3.05, 3.63) is 11.8 Å². The third-order valence-corrected chi connectivity index (χ3v) is 3.92. The Morgan fingerprint density at radius 1 is 1.41 bits per heavy atom. The van der Waals surface area contributed by atoms with E-state index in [4.69, 9.17) is 9.26 Å². The Labute approximate surface area is 129 Å². The SMILES string of the molecule is Cc1cc(NC(=O)CN(CC2CCCO2)C(=O)C2CC2)no1. The summed E-state index contributed by atoms with van der Waals surface area (Å²) in [6, 6.07) is 1.64. The second-order valence-corrected chi connectivity index (χ2v) is 6.00. The summed E-state index contributed by atoms with van der Waals surface area (Å²) in [5.41, 5.74) is 0. The standard InChI is InChI=1S/C15H21N3O4/c1-10-7-13(17-22-10)16-14(19)9-18(15(20)11-4-5-11)8-12-3-2-6-21-12/h7,11-12H,2-6,8-9H2,1H3,(H,16,17,19). The zero-order valence-corrected chi connectivity index (χ0v) is 12.7. The van der Waals surface area contributed by atoms with Crippen molar-refractivity contribution in [2.75, 3.05) is 25.0 Å². The van der Waals surface area contributed by atoms with Gasteiger partial charge in [0.25, 0.3) is 0 Å². The lowest BCUT2D eigenvalue weighted by Crippen LogP contribution is -2.43. The van der Waals surface area contributed by atoms with E-state index in [9.17, 15) is 9.59 Å². The molecule has 7 heteroatoms. The molecule has 1 aliphatic carbocycles. The van der Waals surface area contributed by atoms with Crippen LogP contribution in [0.3, 0.4) is 0 Å². The van der Waals surface area contributed by atoms with Gasteiger partial charge >= 0.3 is 0 Å². The molecule has 1 aromatic rings. The van der Waals surface area contributed by atoms with E-state index in [2.05, 4.69) is 10.5 Å². The van der Waals surface area contributed by atoms with Gasteiger partial charge in [0, 0.05) is 25.1 Å². The van der Waals surface area contributed by atoms with E-state index in [0.29, 0.717) is 18.1 Å². The Bertz CT molecular complexity index is 547. The van der Waals surface area contributed by atoms with Crippen molar-refractivity contribution >= 4 is 17.6 Å². The number of ether oxygens (including phenoxy) is 1. The molecule has 1 N–H and O–H groups in total. The van der Waals surface area contributed by atoms with Gasteiger partial charge < -0.3 is 19.5 Å². The minimum atomic E-state index is -0.264. The quantitative estimate of drug-likeness (QED) is 0.857. The van der Waals surface area contributed by atoms with Gasteiger partial charge in [0.1, 0.15) is 12.3 Å². The first-order valence-electron chi connectivity index (χ1n) is 7.75. The molecule has 2 amide bonds. The first kappa shape index (κ1) is 15.0. The number of amides is 2. The number of hydrogen-bond donors (Lipinski definition) is 1. The van der Waals surface area contributed by atoms with Crippen LogP contribution in [0.25, 0.3) is 0 Å². The van der Waals surface area contributed by atoms with E-state index in [1.165, 1.54) is 0 Å². The van der Waals surface area contributed by atoms with Crippen molar-refractivity contribution in [2.45, 2.75) is 38.7 Å². The fourth-order valence-electron chi connectivity index (χ4n) is 2.64. The molecule has 120 valence electrons. The minimum absolute atomic E-state index is 0.0289. The zero-order chi connectivity index (χ0) is 15.5. The van der Waals surface area contributed by atoms with E-state index in [1.807, 2.05) is 0 Å². The molecule has 1 saturated carbocycles. The largest absolute Gasteiger partial charge is 0.376 e. The maximum Gasteiger partial charge on any atom is 0.245 e. The van der Waals surface area contributed by atoms with Crippen LogP contribution in [0.4, 0.5) is 5.82 Å². The zero-order valence-electron chi connectivity index (χ0n) is 12.7. The molecule has 22 heavy (non-hydrogen) atoms. The molecular weight excluding hydrogens is 286 g/mol. The van der Waals surface area contributed by atoms with Gasteiger partial charge in [-0.15, -0.1) is 0 Å². The number of hydrogen-bond acceptors (Lipinski definition) is 5. The second kappa shape index (κ2) is 6.48. The maximum atomic E-state index is 12.3. The Balaban J connectivity index is 1.58. The molecule has 1 aromatic heterocycles. The van der Waals surface area contributed by atoms with Gasteiger partial charge in [0.05, 0.1) is 6.10 Å². The van der Waals surface area contributed by atoms with Gasteiger partial charge in [-0.25, -0.2) is 0 Å². The van der Waals surface area contributed by atoms with Crippen molar-refractivity contribution < 1.29 is 18.8 Å². The molecule has 1 aliphatic heterocycles. The highest BCUT2D eigenvalue weighted by atomic mass is 16.5. The summed E-state index contributed by atoms with van der Waals surface area (Å²) in [4.78, 5) is 26.1. The number of nitrogens with one attached hydrogen (secondary N) is 1. The van der Waals surface area contributed by atoms with Crippen LogP contribution in [-0.2, 0) is 14.3 Å². The van der Waals surface area contributed by atoms with Crippen LogP contribution in [0, 0.1) is 12.8 Å². The summed E-state index contributed by atoms with van der Waals surface area (Å²) in [6.07, 6.45) is 3.85. The normalized spacial score (nSPS) is 20.9. The van der Waals surface area contributed by atoms with Crippen LogP contribution < -0.4 is 5.32 Å². The molecule has 1 saturated heterocycles. The molecule has 2 fully saturated rings. The Kier molecular flexibility index (Phi) is 4.42. The lowest BCUT2D eigenvalue weighted by atomic mass is 10.2. The van der Waals surface area contributed by atoms with Gasteiger partial charge in [0.2, 0.25) is 11.8 Å². The summed E-state index contributed by atoms with van der Waals surface area (Å²) in [7, 11) is 0. The van der Waals surface area contributed by atoms with Gasteiger partial charge in [-0.2, -0.15) is 0 Å². The fraction of sp³-hybridized carbons (Fsp3) is 0.667. The summed E-state index contributed by atoms with van der Waals surface area (Å²) < 4.78 is 10.5. The Hall–Kier alpha value is -1.89. The highest BCUT2D eigenvalue weighted by Gasteiger charge is 2.35.